The second kappa shape index (κ2) is 11.4. The number of carboxylic acids is 1. The number of aromatic hydroxyl groups is 1. The highest BCUT2D eigenvalue weighted by atomic mass is 35.5. The van der Waals surface area contributed by atoms with Gasteiger partial charge in [0, 0.05) is 41.5 Å². The van der Waals surface area contributed by atoms with E-state index < -0.39 is 29.2 Å². The van der Waals surface area contributed by atoms with E-state index in [9.17, 15) is 24.9 Å². The number of piperidine rings is 1. The Balaban J connectivity index is 0.000000153. The molecular weight excluding hydrogens is 608 g/mol. The van der Waals surface area contributed by atoms with E-state index in [1.807, 2.05) is 6.07 Å². The highest BCUT2D eigenvalue weighted by molar-refractivity contribution is 6.30. The summed E-state index contributed by atoms with van der Waals surface area (Å²) >= 11 is 5.80. The third kappa shape index (κ3) is 4.69. The number of aliphatic hydroxyl groups is 2. The smallest absolute Gasteiger partial charge is 0.309 e. The number of aliphatic hydroxyl groups excluding tert-OH is 1. The minimum atomic E-state index is -0.920. The maximum atomic E-state index is 12.5. The number of ketones is 1. The average molecular weight is 649 g/mol. The van der Waals surface area contributed by atoms with Gasteiger partial charge >= 0.3 is 5.97 Å². The number of ether oxygens (including phenoxy) is 1. The molecule has 3 aliphatic carbocycles. The van der Waals surface area contributed by atoms with Gasteiger partial charge in [0.2, 0.25) is 5.78 Å². The number of nitrogens with zero attached hydrogens (tertiary/aromatic N) is 2. The molecule has 46 heavy (non-hydrogen) atoms. The number of phenols is 1. The average Bonchev–Trinajstić information content (AvgIpc) is 3.49. The predicted octanol–water partition coefficient (Wildman–Crippen LogP) is 4.55. The molecule has 2 aliphatic heterocycles. The molecule has 8 rings (SSSR count). The normalized spacial score (nSPS) is 29.2. The van der Waals surface area contributed by atoms with Crippen LogP contribution in [-0.2, 0) is 30.1 Å². The zero-order valence-electron chi connectivity index (χ0n) is 26.2. The molecule has 1 spiro atoms. The zero-order valence-corrected chi connectivity index (χ0v) is 27.0. The Bertz CT molecular complexity index is 1700. The highest BCUT2D eigenvalue weighted by Gasteiger charge is 2.72. The maximum Gasteiger partial charge on any atom is 0.309 e. The quantitative estimate of drug-likeness (QED) is 0.286. The van der Waals surface area contributed by atoms with E-state index in [1.165, 1.54) is 24.8 Å². The molecule has 2 aromatic carbocycles. The number of benzene rings is 2. The first-order valence-electron chi connectivity index (χ1n) is 16.3. The minimum Gasteiger partial charge on any atom is -0.504 e. The van der Waals surface area contributed by atoms with Crippen LogP contribution in [0.2, 0.25) is 5.02 Å². The van der Waals surface area contributed by atoms with Gasteiger partial charge in [-0.15, -0.1) is 0 Å². The molecule has 2 saturated carbocycles. The molecular formula is C36H41ClN2O7. The molecule has 5 atom stereocenters. The summed E-state index contributed by atoms with van der Waals surface area (Å²) in [6.45, 7) is 3.82. The van der Waals surface area contributed by atoms with Crippen molar-refractivity contribution in [1.29, 1.82) is 0 Å². The largest absolute Gasteiger partial charge is 0.504 e. The Morgan fingerprint density at radius 3 is 2.50 bits per heavy atom. The molecule has 4 N–H and O–H groups in total. The molecule has 1 saturated heterocycles. The molecule has 5 aliphatic rings. The van der Waals surface area contributed by atoms with Crippen molar-refractivity contribution in [3.8, 4) is 11.5 Å². The van der Waals surface area contributed by atoms with Crippen LogP contribution in [0, 0.1) is 12.8 Å². The topological polar surface area (TPSA) is 132 Å². The lowest BCUT2D eigenvalue weighted by molar-refractivity contribution is -0.209. The monoisotopic (exact) mass is 648 g/mol. The van der Waals surface area contributed by atoms with Crippen LogP contribution in [0.4, 0.5) is 0 Å². The molecule has 1 aromatic heterocycles. The fourth-order valence-electron chi connectivity index (χ4n) is 9.05. The van der Waals surface area contributed by atoms with Gasteiger partial charge in [-0.25, -0.2) is 0 Å². The van der Waals surface area contributed by atoms with Crippen molar-refractivity contribution in [2.24, 2.45) is 13.0 Å². The van der Waals surface area contributed by atoms with Gasteiger partial charge in [-0.3, -0.25) is 14.5 Å². The Morgan fingerprint density at radius 2 is 1.83 bits per heavy atom. The fourth-order valence-corrected chi connectivity index (χ4v) is 9.17. The van der Waals surface area contributed by atoms with Crippen LogP contribution in [0.1, 0.15) is 77.0 Å². The van der Waals surface area contributed by atoms with Crippen LogP contribution in [0.25, 0.3) is 0 Å². The number of likely N-dealkylation sites (tertiary alicyclic amines) is 1. The van der Waals surface area contributed by atoms with Gasteiger partial charge in [-0.1, -0.05) is 24.1 Å². The third-order valence-corrected chi connectivity index (χ3v) is 11.7. The standard InChI is InChI=1S/C21H27NO4.C15H14ClNO3/c23-14-5-4-13-10-16-21(25)7-6-15(24)19-20(21,17(13)18(14)26-19)8-9-22(16)11-12-2-1-3-12;1-9-7-12(8-13(18)19)17(2)14(9)15(20)10-3-5-11(16)6-4-10/h4-5,12,15-16,19,23-25H,1-3,6-11H2;3-7H,8H2,1-2H3,(H,18,19)/t15-,16+,19-,20-,21+;/m0./s1. The zero-order chi connectivity index (χ0) is 32.5. The van der Waals surface area contributed by atoms with Gasteiger partial charge < -0.3 is 29.7 Å². The molecule has 10 heteroatoms. The van der Waals surface area contributed by atoms with E-state index in [1.54, 1.807) is 54.9 Å². The van der Waals surface area contributed by atoms with Gasteiger partial charge in [-0.2, -0.15) is 0 Å². The van der Waals surface area contributed by atoms with Crippen LogP contribution in [0.3, 0.4) is 0 Å². The lowest BCUT2D eigenvalue weighted by Gasteiger charge is -2.64. The number of aromatic nitrogens is 1. The van der Waals surface area contributed by atoms with E-state index in [0.29, 0.717) is 40.6 Å². The summed E-state index contributed by atoms with van der Waals surface area (Å²) in [4.78, 5) is 25.8. The number of rotatable bonds is 6. The van der Waals surface area contributed by atoms with Crippen LogP contribution in [0.15, 0.2) is 42.5 Å². The van der Waals surface area contributed by atoms with Gasteiger partial charge in [-0.05, 0) is 105 Å². The van der Waals surface area contributed by atoms with Crippen molar-refractivity contribution in [3.05, 3.63) is 81.1 Å². The summed E-state index contributed by atoms with van der Waals surface area (Å²) in [5.41, 5.74) is 3.11. The second-order valence-corrected chi connectivity index (χ2v) is 14.3. The summed E-state index contributed by atoms with van der Waals surface area (Å²) in [7, 11) is 1.70. The number of halogens is 1. The predicted molar refractivity (Wildman–Crippen MR) is 172 cm³/mol. The lowest BCUT2D eigenvalue weighted by Crippen LogP contribution is -2.77. The molecule has 3 fully saturated rings. The summed E-state index contributed by atoms with van der Waals surface area (Å²) in [6, 6.07) is 12.2. The molecule has 3 aromatic rings. The van der Waals surface area contributed by atoms with Crippen molar-refractivity contribution >= 4 is 23.4 Å². The van der Waals surface area contributed by atoms with E-state index in [-0.39, 0.29) is 24.0 Å². The molecule has 3 heterocycles. The number of carboxylic acid groups (broad SMARTS) is 1. The molecule has 244 valence electrons. The molecule has 9 nitrogen and oxygen atoms in total. The Labute approximate surface area is 273 Å². The SMILES string of the molecule is Cc1cc(CC(=O)O)n(C)c1C(=O)c1ccc(Cl)cc1.Oc1ccc2c3c1O[C@H]1[C@@H](O)CC[C@@]4(O)[C@@H](C2)N(CC2CCC2)CC[C@]314. The Kier molecular flexibility index (Phi) is 7.74. The van der Waals surface area contributed by atoms with Gasteiger partial charge in [0.05, 0.1) is 29.2 Å². The van der Waals surface area contributed by atoms with E-state index in [0.717, 1.165) is 43.0 Å². The number of phenolic OH excluding ortho intramolecular Hbond substituents is 1. The Hall–Kier alpha value is -3.37. The van der Waals surface area contributed by atoms with Crippen LogP contribution < -0.4 is 4.74 Å². The van der Waals surface area contributed by atoms with Crippen molar-refractivity contribution in [1.82, 2.24) is 9.47 Å². The number of carbonyl (C=O) groups excluding carboxylic acids is 1. The first-order chi connectivity index (χ1) is 21.9. The van der Waals surface area contributed by atoms with Crippen LogP contribution in [0.5, 0.6) is 11.5 Å². The Morgan fingerprint density at radius 1 is 1.09 bits per heavy atom. The summed E-state index contributed by atoms with van der Waals surface area (Å²) in [5.74, 6) is 0.360. The number of aryl methyl sites for hydroxylation is 1. The van der Waals surface area contributed by atoms with Crippen molar-refractivity contribution in [2.75, 3.05) is 13.1 Å². The summed E-state index contributed by atoms with van der Waals surface area (Å²) in [6.07, 6.45) is 5.57. The van der Waals surface area contributed by atoms with Crippen molar-refractivity contribution in [2.45, 2.75) is 87.6 Å². The number of hydrogen-bond donors (Lipinski definition) is 4. The first-order valence-corrected chi connectivity index (χ1v) is 16.7. The minimum absolute atomic E-state index is 0.0819. The highest BCUT2D eigenvalue weighted by Crippen LogP contribution is 2.65. The molecule has 0 radical (unpaired) electrons. The lowest BCUT2D eigenvalue weighted by atomic mass is 9.48. The van der Waals surface area contributed by atoms with E-state index >= 15 is 0 Å². The summed E-state index contributed by atoms with van der Waals surface area (Å²) < 4.78 is 7.80. The van der Waals surface area contributed by atoms with E-state index in [4.69, 9.17) is 21.4 Å². The van der Waals surface area contributed by atoms with Crippen molar-refractivity contribution in [3.63, 3.8) is 0 Å². The van der Waals surface area contributed by atoms with Crippen molar-refractivity contribution < 1.29 is 34.8 Å². The number of aliphatic carboxylic acids is 1. The number of hydrogen-bond acceptors (Lipinski definition) is 7. The van der Waals surface area contributed by atoms with Gasteiger partial charge in [0.1, 0.15) is 6.10 Å². The molecule has 2 bridgehead atoms. The second-order valence-electron chi connectivity index (χ2n) is 13.9. The third-order valence-electron chi connectivity index (χ3n) is 11.4. The molecule has 0 unspecified atom stereocenters. The summed E-state index contributed by atoms with van der Waals surface area (Å²) in [5, 5.41) is 42.6. The molecule has 0 amide bonds. The van der Waals surface area contributed by atoms with Crippen LogP contribution in [-0.4, -0.2) is 78.6 Å². The van der Waals surface area contributed by atoms with Gasteiger partial charge in [0.15, 0.2) is 11.5 Å². The van der Waals surface area contributed by atoms with E-state index in [2.05, 4.69) is 4.90 Å². The maximum absolute atomic E-state index is 12.5. The van der Waals surface area contributed by atoms with Crippen LogP contribution >= 0.6 is 11.6 Å². The van der Waals surface area contributed by atoms with Gasteiger partial charge in [0.25, 0.3) is 0 Å². The number of carbonyl (C=O) groups is 2. The fraction of sp³-hybridized carbons (Fsp3) is 0.500. The first kappa shape index (κ1) is 31.2.